The average molecular weight is 299 g/mol. The molecule has 2 N–H and O–H groups in total. The molecule has 1 fully saturated rings. The molecule has 5 nitrogen and oxygen atoms in total. The average Bonchev–Trinajstić information content (AvgIpc) is 2.46. The molecule has 0 amide bonds. The van der Waals surface area contributed by atoms with Gasteiger partial charge < -0.3 is 9.84 Å². The number of aliphatic hydroxyl groups excluding tert-OH is 1. The molecule has 0 aliphatic heterocycles. The molecule has 1 aliphatic carbocycles. The van der Waals surface area contributed by atoms with Gasteiger partial charge in [0, 0.05) is 6.54 Å². The fraction of sp³-hybridized carbons (Fsp3) is 0.571. The molecule has 20 heavy (non-hydrogen) atoms. The van der Waals surface area contributed by atoms with Crippen LogP contribution in [0.2, 0.25) is 0 Å². The summed E-state index contributed by atoms with van der Waals surface area (Å²) in [5.41, 5.74) is 0. The number of hydrogen-bond acceptors (Lipinski definition) is 4. The molecular weight excluding hydrogens is 278 g/mol. The number of rotatable bonds is 5. The van der Waals surface area contributed by atoms with E-state index >= 15 is 0 Å². The zero-order valence-electron chi connectivity index (χ0n) is 11.6. The Kier molecular flexibility index (Phi) is 5.01. The summed E-state index contributed by atoms with van der Waals surface area (Å²) in [6.45, 7) is 0.265. The van der Waals surface area contributed by atoms with E-state index in [-0.39, 0.29) is 17.4 Å². The van der Waals surface area contributed by atoms with Crippen LogP contribution < -0.4 is 9.46 Å². The number of methoxy groups -OCH3 is 1. The zero-order valence-corrected chi connectivity index (χ0v) is 12.4. The Morgan fingerprint density at radius 1 is 1.30 bits per heavy atom. The van der Waals surface area contributed by atoms with E-state index in [0.29, 0.717) is 5.75 Å². The molecule has 2 unspecified atom stereocenters. The predicted octanol–water partition coefficient (Wildman–Crippen LogP) is 1.52. The lowest BCUT2D eigenvalue weighted by Crippen LogP contribution is -2.36. The molecule has 2 atom stereocenters. The Labute approximate surface area is 120 Å². The molecular formula is C14H21NO4S. The van der Waals surface area contributed by atoms with E-state index in [1.807, 2.05) is 0 Å². The molecule has 0 bridgehead atoms. The van der Waals surface area contributed by atoms with Crippen molar-refractivity contribution in [1.82, 2.24) is 4.72 Å². The molecule has 1 saturated carbocycles. The largest absolute Gasteiger partial charge is 0.495 e. The summed E-state index contributed by atoms with van der Waals surface area (Å²) in [5, 5.41) is 9.88. The number of aliphatic hydroxyl groups is 1. The van der Waals surface area contributed by atoms with Gasteiger partial charge in [-0.05, 0) is 30.9 Å². The van der Waals surface area contributed by atoms with Crippen molar-refractivity contribution in [3.63, 3.8) is 0 Å². The van der Waals surface area contributed by atoms with Gasteiger partial charge in [-0.1, -0.05) is 25.0 Å². The topological polar surface area (TPSA) is 75.6 Å². The van der Waals surface area contributed by atoms with E-state index < -0.39 is 16.1 Å². The summed E-state index contributed by atoms with van der Waals surface area (Å²) in [5.74, 6) is 0.317. The lowest BCUT2D eigenvalue weighted by molar-refractivity contribution is 0.0724. The Morgan fingerprint density at radius 3 is 2.70 bits per heavy atom. The van der Waals surface area contributed by atoms with Crippen molar-refractivity contribution in [1.29, 1.82) is 0 Å². The van der Waals surface area contributed by atoms with Gasteiger partial charge in [-0.3, -0.25) is 0 Å². The van der Waals surface area contributed by atoms with E-state index in [2.05, 4.69) is 4.72 Å². The fourth-order valence-corrected chi connectivity index (χ4v) is 3.82. The van der Waals surface area contributed by atoms with Crippen molar-refractivity contribution in [3.05, 3.63) is 24.3 Å². The van der Waals surface area contributed by atoms with Gasteiger partial charge in [-0.2, -0.15) is 0 Å². The maximum absolute atomic E-state index is 12.3. The van der Waals surface area contributed by atoms with E-state index in [1.54, 1.807) is 18.2 Å². The molecule has 1 aromatic rings. The van der Waals surface area contributed by atoms with E-state index in [4.69, 9.17) is 4.74 Å². The van der Waals surface area contributed by atoms with Crippen LogP contribution in [0.15, 0.2) is 29.2 Å². The Hall–Kier alpha value is -1.11. The van der Waals surface area contributed by atoms with Crippen molar-refractivity contribution >= 4 is 10.0 Å². The molecule has 1 aliphatic rings. The summed E-state index contributed by atoms with van der Waals surface area (Å²) in [7, 11) is -2.17. The molecule has 6 heteroatoms. The highest BCUT2D eigenvalue weighted by molar-refractivity contribution is 7.89. The first-order valence-electron chi connectivity index (χ1n) is 6.85. The van der Waals surface area contributed by atoms with E-state index in [9.17, 15) is 13.5 Å². The van der Waals surface area contributed by atoms with Gasteiger partial charge >= 0.3 is 0 Å². The monoisotopic (exact) mass is 299 g/mol. The van der Waals surface area contributed by atoms with E-state index in [1.165, 1.54) is 13.2 Å². The first-order chi connectivity index (χ1) is 9.54. The maximum Gasteiger partial charge on any atom is 0.244 e. The molecule has 112 valence electrons. The second kappa shape index (κ2) is 6.56. The minimum atomic E-state index is -3.61. The Bertz CT molecular complexity index is 544. The number of benzene rings is 1. The van der Waals surface area contributed by atoms with Gasteiger partial charge in [0.25, 0.3) is 0 Å². The highest BCUT2D eigenvalue weighted by Gasteiger charge is 2.26. The number of para-hydroxylation sites is 1. The van der Waals surface area contributed by atoms with Crippen molar-refractivity contribution in [2.24, 2.45) is 5.92 Å². The van der Waals surface area contributed by atoms with Gasteiger partial charge in [0.1, 0.15) is 10.6 Å². The molecule has 1 aromatic carbocycles. The minimum absolute atomic E-state index is 0.00627. The van der Waals surface area contributed by atoms with Crippen LogP contribution in [0.4, 0.5) is 0 Å². The second-order valence-corrected chi connectivity index (χ2v) is 6.85. The number of sulfonamides is 1. The van der Waals surface area contributed by atoms with Gasteiger partial charge in [-0.25, -0.2) is 13.1 Å². The van der Waals surface area contributed by atoms with Crippen LogP contribution >= 0.6 is 0 Å². The molecule has 0 radical (unpaired) electrons. The predicted molar refractivity (Wildman–Crippen MR) is 76.1 cm³/mol. The van der Waals surface area contributed by atoms with Crippen LogP contribution in [0.25, 0.3) is 0 Å². The van der Waals surface area contributed by atoms with Crippen LogP contribution in [0.5, 0.6) is 5.75 Å². The molecule has 0 spiro atoms. The third-order valence-corrected chi connectivity index (χ3v) is 5.23. The van der Waals surface area contributed by atoms with Crippen molar-refractivity contribution in [2.45, 2.75) is 36.7 Å². The lowest BCUT2D eigenvalue weighted by atomic mass is 9.87. The van der Waals surface area contributed by atoms with Gasteiger partial charge in [0.15, 0.2) is 0 Å². The van der Waals surface area contributed by atoms with Crippen LogP contribution in [0.3, 0.4) is 0 Å². The first kappa shape index (κ1) is 15.3. The van der Waals surface area contributed by atoms with Crippen LogP contribution in [-0.4, -0.2) is 33.3 Å². The highest BCUT2D eigenvalue weighted by atomic mass is 32.2. The third-order valence-electron chi connectivity index (χ3n) is 3.76. The second-order valence-electron chi connectivity index (χ2n) is 5.11. The van der Waals surface area contributed by atoms with Gasteiger partial charge in [-0.15, -0.1) is 0 Å². The SMILES string of the molecule is COc1ccccc1S(=O)(=O)NCC1CCCCC1O. The normalized spacial score (nSPS) is 23.5. The van der Waals surface area contributed by atoms with Crippen molar-refractivity contribution in [2.75, 3.05) is 13.7 Å². The van der Waals surface area contributed by atoms with Crippen molar-refractivity contribution in [3.8, 4) is 5.75 Å². The first-order valence-corrected chi connectivity index (χ1v) is 8.33. The summed E-state index contributed by atoms with van der Waals surface area (Å²) < 4.78 is 32.2. The number of hydrogen-bond donors (Lipinski definition) is 2. The van der Waals surface area contributed by atoms with E-state index in [0.717, 1.165) is 25.7 Å². The minimum Gasteiger partial charge on any atom is -0.495 e. The molecule has 0 heterocycles. The number of ether oxygens (including phenoxy) is 1. The van der Waals surface area contributed by atoms with Gasteiger partial charge in [0.2, 0.25) is 10.0 Å². The zero-order chi connectivity index (χ0) is 14.6. The molecule has 0 aromatic heterocycles. The summed E-state index contributed by atoms with van der Waals surface area (Å²) in [4.78, 5) is 0.132. The van der Waals surface area contributed by atoms with Crippen molar-refractivity contribution < 1.29 is 18.3 Å². The van der Waals surface area contributed by atoms with Gasteiger partial charge in [0.05, 0.1) is 13.2 Å². The maximum atomic E-state index is 12.3. The Morgan fingerprint density at radius 2 is 2.00 bits per heavy atom. The smallest absolute Gasteiger partial charge is 0.244 e. The summed E-state index contributed by atoms with van der Waals surface area (Å²) >= 11 is 0. The summed E-state index contributed by atoms with van der Waals surface area (Å²) in [6, 6.07) is 6.51. The Balaban J connectivity index is 2.07. The fourth-order valence-electron chi connectivity index (χ4n) is 2.56. The van der Waals surface area contributed by atoms with Crippen LogP contribution in [-0.2, 0) is 10.0 Å². The standard InChI is InChI=1S/C14H21NO4S/c1-19-13-8-4-5-9-14(13)20(17,18)15-10-11-6-2-3-7-12(11)16/h4-5,8-9,11-12,15-16H,2-3,6-7,10H2,1H3. The van der Waals surface area contributed by atoms with Crippen LogP contribution in [0, 0.1) is 5.92 Å². The third kappa shape index (κ3) is 3.50. The lowest BCUT2D eigenvalue weighted by Gasteiger charge is -2.27. The molecule has 2 rings (SSSR count). The van der Waals surface area contributed by atoms with Crippen LogP contribution in [0.1, 0.15) is 25.7 Å². The quantitative estimate of drug-likeness (QED) is 0.864. The molecule has 0 saturated heterocycles. The highest BCUT2D eigenvalue weighted by Crippen LogP contribution is 2.26. The summed E-state index contributed by atoms with van der Waals surface area (Å²) in [6.07, 6.45) is 3.25. The number of nitrogens with one attached hydrogen (secondary N) is 1.